The van der Waals surface area contributed by atoms with E-state index >= 15 is 0 Å². The number of rotatable bonds is 5. The Morgan fingerprint density at radius 1 is 1.03 bits per heavy atom. The summed E-state index contributed by atoms with van der Waals surface area (Å²) in [4.78, 5) is 18.1. The fraction of sp³-hybridized carbons (Fsp3) is 0.222. The van der Waals surface area contributed by atoms with Gasteiger partial charge in [-0.3, -0.25) is 4.98 Å². The van der Waals surface area contributed by atoms with Crippen molar-refractivity contribution in [3.05, 3.63) is 89.5 Å². The summed E-state index contributed by atoms with van der Waals surface area (Å²) in [5.74, 6) is 2.01. The van der Waals surface area contributed by atoms with Gasteiger partial charge < -0.3 is 9.30 Å². The second-order valence-corrected chi connectivity index (χ2v) is 9.24. The summed E-state index contributed by atoms with van der Waals surface area (Å²) in [5, 5.41) is 5.54. The number of imidazole rings is 1. The molecule has 0 bridgehead atoms. The van der Waals surface area contributed by atoms with E-state index in [9.17, 15) is 0 Å². The van der Waals surface area contributed by atoms with Gasteiger partial charge in [0.05, 0.1) is 19.1 Å². The Kier molecular flexibility index (Phi) is 5.73. The molecule has 1 aromatic carbocycles. The van der Waals surface area contributed by atoms with Gasteiger partial charge in [-0.25, -0.2) is 19.6 Å². The molecule has 1 aliphatic rings. The Bertz CT molecular complexity index is 1540. The lowest BCUT2D eigenvalue weighted by Gasteiger charge is -2.23. The van der Waals surface area contributed by atoms with E-state index in [1.165, 1.54) is 0 Å². The van der Waals surface area contributed by atoms with Gasteiger partial charge in [0.25, 0.3) is 0 Å². The largest absolute Gasteiger partial charge is 0.479 e. The SMILES string of the molecule is COc1nc(-c2nc3n(n2)CCC[C@@H]3c2cc(-c3ccncc3)ccc2Cl)ccc1-n1cnc(C)c1. The van der Waals surface area contributed by atoms with E-state index in [0.717, 1.165) is 58.3 Å². The summed E-state index contributed by atoms with van der Waals surface area (Å²) < 4.78 is 9.47. The average molecular weight is 498 g/mol. The Labute approximate surface area is 213 Å². The summed E-state index contributed by atoms with van der Waals surface area (Å²) in [5.41, 5.74) is 5.65. The van der Waals surface area contributed by atoms with Crippen molar-refractivity contribution >= 4 is 11.6 Å². The van der Waals surface area contributed by atoms with Gasteiger partial charge in [0.1, 0.15) is 17.2 Å². The van der Waals surface area contributed by atoms with E-state index in [-0.39, 0.29) is 5.92 Å². The van der Waals surface area contributed by atoms with E-state index in [1.54, 1.807) is 25.8 Å². The Morgan fingerprint density at radius 3 is 2.67 bits per heavy atom. The lowest BCUT2D eigenvalue weighted by atomic mass is 9.89. The monoisotopic (exact) mass is 497 g/mol. The fourth-order valence-electron chi connectivity index (χ4n) is 4.75. The van der Waals surface area contributed by atoms with Crippen LogP contribution in [0.1, 0.15) is 35.8 Å². The summed E-state index contributed by atoms with van der Waals surface area (Å²) in [7, 11) is 1.61. The van der Waals surface area contributed by atoms with Crippen molar-refractivity contribution in [3.63, 3.8) is 0 Å². The van der Waals surface area contributed by atoms with Gasteiger partial charge in [-0.05, 0) is 72.9 Å². The predicted molar refractivity (Wildman–Crippen MR) is 137 cm³/mol. The molecule has 1 aliphatic heterocycles. The first-order valence-corrected chi connectivity index (χ1v) is 12.2. The summed E-state index contributed by atoms with van der Waals surface area (Å²) in [6.45, 7) is 2.75. The van der Waals surface area contributed by atoms with E-state index in [1.807, 2.05) is 58.8 Å². The van der Waals surface area contributed by atoms with Crippen molar-refractivity contribution in [3.8, 4) is 34.2 Å². The van der Waals surface area contributed by atoms with Crippen LogP contribution >= 0.6 is 11.6 Å². The third kappa shape index (κ3) is 4.03. The molecule has 180 valence electrons. The van der Waals surface area contributed by atoms with Crippen LogP contribution in [0.15, 0.2) is 67.4 Å². The molecule has 6 rings (SSSR count). The van der Waals surface area contributed by atoms with Crippen LogP contribution in [-0.2, 0) is 6.54 Å². The maximum atomic E-state index is 6.72. The van der Waals surface area contributed by atoms with E-state index in [4.69, 9.17) is 31.4 Å². The molecule has 0 fully saturated rings. The zero-order valence-corrected chi connectivity index (χ0v) is 20.7. The van der Waals surface area contributed by atoms with Crippen molar-refractivity contribution in [1.82, 2.24) is 34.3 Å². The summed E-state index contributed by atoms with van der Waals surface area (Å²) in [6, 6.07) is 14.0. The van der Waals surface area contributed by atoms with Gasteiger partial charge in [0.15, 0.2) is 5.82 Å². The van der Waals surface area contributed by atoms with Crippen LogP contribution in [0.2, 0.25) is 5.02 Å². The third-order valence-corrected chi connectivity index (χ3v) is 6.86. The van der Waals surface area contributed by atoms with E-state index < -0.39 is 0 Å². The van der Waals surface area contributed by atoms with E-state index in [2.05, 4.69) is 16.0 Å². The molecule has 0 saturated heterocycles. The second kappa shape index (κ2) is 9.20. The fourth-order valence-corrected chi connectivity index (χ4v) is 5.00. The van der Waals surface area contributed by atoms with Gasteiger partial charge in [0.2, 0.25) is 5.88 Å². The van der Waals surface area contributed by atoms with Gasteiger partial charge in [0, 0.05) is 36.1 Å². The standard InChI is InChI=1S/C27H24ClN7O/c1-17-15-34(16-30-17)24-8-7-23(31-27(24)36-2)25-32-26-20(4-3-13-35(26)33-25)21-14-19(5-6-22(21)28)18-9-11-29-12-10-18/h5-12,14-16,20H,3-4,13H2,1-2H3/t20-/m1/s1. The maximum absolute atomic E-state index is 6.72. The first kappa shape index (κ1) is 22.4. The Balaban J connectivity index is 1.38. The highest BCUT2D eigenvalue weighted by Gasteiger charge is 2.28. The number of pyridine rings is 2. The second-order valence-electron chi connectivity index (χ2n) is 8.83. The quantitative estimate of drug-likeness (QED) is 0.319. The molecule has 0 saturated carbocycles. The number of aromatic nitrogens is 7. The van der Waals surface area contributed by atoms with Crippen molar-refractivity contribution in [2.45, 2.75) is 32.2 Å². The molecule has 0 N–H and O–H groups in total. The number of fused-ring (bicyclic) bond motifs is 1. The molecule has 0 aliphatic carbocycles. The molecular formula is C27H24ClN7O. The first-order chi connectivity index (χ1) is 17.6. The lowest BCUT2D eigenvalue weighted by Crippen LogP contribution is -2.18. The zero-order chi connectivity index (χ0) is 24.6. The number of hydrogen-bond donors (Lipinski definition) is 0. The molecular weight excluding hydrogens is 474 g/mol. The molecule has 0 spiro atoms. The minimum atomic E-state index is 0.0457. The van der Waals surface area contributed by atoms with Crippen molar-refractivity contribution in [1.29, 1.82) is 0 Å². The van der Waals surface area contributed by atoms with Crippen molar-refractivity contribution in [2.24, 2.45) is 0 Å². The molecule has 36 heavy (non-hydrogen) atoms. The molecule has 5 aromatic rings. The summed E-state index contributed by atoms with van der Waals surface area (Å²) >= 11 is 6.72. The Hall–Kier alpha value is -4.04. The molecule has 5 heterocycles. The highest BCUT2D eigenvalue weighted by molar-refractivity contribution is 6.31. The van der Waals surface area contributed by atoms with Crippen molar-refractivity contribution in [2.75, 3.05) is 7.11 Å². The first-order valence-electron chi connectivity index (χ1n) is 11.8. The van der Waals surface area contributed by atoms with Crippen LogP contribution in [0.4, 0.5) is 0 Å². The maximum Gasteiger partial charge on any atom is 0.238 e. The minimum Gasteiger partial charge on any atom is -0.479 e. The number of aryl methyl sites for hydroxylation is 2. The number of ether oxygens (including phenoxy) is 1. The minimum absolute atomic E-state index is 0.0457. The number of nitrogens with zero attached hydrogens (tertiary/aromatic N) is 7. The normalized spacial score (nSPS) is 15.0. The number of methoxy groups -OCH3 is 1. The smallest absolute Gasteiger partial charge is 0.238 e. The lowest BCUT2D eigenvalue weighted by molar-refractivity contribution is 0.396. The average Bonchev–Trinajstić information content (AvgIpc) is 3.55. The number of benzene rings is 1. The molecule has 0 radical (unpaired) electrons. The topological polar surface area (TPSA) is 83.5 Å². The third-order valence-electron chi connectivity index (χ3n) is 6.51. The van der Waals surface area contributed by atoms with Crippen LogP contribution in [0.5, 0.6) is 5.88 Å². The predicted octanol–water partition coefficient (Wildman–Crippen LogP) is 5.48. The van der Waals surface area contributed by atoms with Crippen LogP contribution in [0.3, 0.4) is 0 Å². The van der Waals surface area contributed by atoms with Crippen LogP contribution in [0.25, 0.3) is 28.3 Å². The van der Waals surface area contributed by atoms with Gasteiger partial charge in [-0.15, -0.1) is 5.10 Å². The van der Waals surface area contributed by atoms with Gasteiger partial charge in [-0.2, -0.15) is 0 Å². The molecule has 0 unspecified atom stereocenters. The Morgan fingerprint density at radius 2 is 1.89 bits per heavy atom. The van der Waals surface area contributed by atoms with Gasteiger partial charge >= 0.3 is 0 Å². The number of hydrogen-bond acceptors (Lipinski definition) is 6. The highest BCUT2D eigenvalue weighted by Crippen LogP contribution is 2.39. The molecule has 0 amide bonds. The molecule has 8 nitrogen and oxygen atoms in total. The van der Waals surface area contributed by atoms with Crippen LogP contribution in [0, 0.1) is 6.92 Å². The highest BCUT2D eigenvalue weighted by atomic mass is 35.5. The van der Waals surface area contributed by atoms with Crippen molar-refractivity contribution < 1.29 is 4.74 Å². The van der Waals surface area contributed by atoms with Crippen LogP contribution in [-0.4, -0.2) is 41.4 Å². The molecule has 1 atom stereocenters. The molecule has 4 aromatic heterocycles. The molecule has 9 heteroatoms. The number of halogens is 1. The zero-order valence-electron chi connectivity index (χ0n) is 20.0. The van der Waals surface area contributed by atoms with Gasteiger partial charge in [-0.1, -0.05) is 17.7 Å². The summed E-state index contributed by atoms with van der Waals surface area (Å²) in [6.07, 6.45) is 9.22. The van der Waals surface area contributed by atoms with E-state index in [0.29, 0.717) is 17.4 Å². The van der Waals surface area contributed by atoms with Crippen LogP contribution < -0.4 is 4.74 Å².